The van der Waals surface area contributed by atoms with Gasteiger partial charge in [-0.3, -0.25) is 9.59 Å². The van der Waals surface area contributed by atoms with E-state index in [0.29, 0.717) is 40.1 Å². The Labute approximate surface area is 191 Å². The summed E-state index contributed by atoms with van der Waals surface area (Å²) < 4.78 is 10.8. The van der Waals surface area contributed by atoms with Crippen LogP contribution in [0.5, 0.6) is 11.5 Å². The van der Waals surface area contributed by atoms with Crippen LogP contribution in [-0.2, 0) is 9.59 Å². The van der Waals surface area contributed by atoms with Crippen molar-refractivity contribution in [2.24, 2.45) is 0 Å². The van der Waals surface area contributed by atoms with Crippen molar-refractivity contribution in [2.75, 3.05) is 23.9 Å². The van der Waals surface area contributed by atoms with Crippen molar-refractivity contribution in [1.29, 1.82) is 0 Å². The van der Waals surface area contributed by atoms with Gasteiger partial charge in [-0.1, -0.05) is 35.9 Å². The molecule has 0 saturated heterocycles. The van der Waals surface area contributed by atoms with Crippen LogP contribution in [0.2, 0.25) is 5.02 Å². The summed E-state index contributed by atoms with van der Waals surface area (Å²) in [5.41, 5.74) is 2.06. The van der Waals surface area contributed by atoms with Gasteiger partial charge in [0, 0.05) is 16.8 Å². The third-order valence-corrected chi connectivity index (χ3v) is 5.18. The van der Waals surface area contributed by atoms with Gasteiger partial charge in [0.1, 0.15) is 17.2 Å². The van der Waals surface area contributed by atoms with Crippen molar-refractivity contribution in [3.63, 3.8) is 0 Å². The zero-order valence-corrected chi connectivity index (χ0v) is 18.3. The lowest BCUT2D eigenvalue weighted by Crippen LogP contribution is -2.32. The monoisotopic (exact) mass is 448 g/mol. The van der Waals surface area contributed by atoms with Crippen LogP contribution in [0.15, 0.2) is 78.5 Å². The Morgan fingerprint density at radius 2 is 1.66 bits per heavy atom. The van der Waals surface area contributed by atoms with E-state index in [1.165, 1.54) is 0 Å². The van der Waals surface area contributed by atoms with Crippen LogP contribution >= 0.6 is 11.6 Å². The summed E-state index contributed by atoms with van der Waals surface area (Å²) in [6.07, 6.45) is 0. The molecule has 0 radical (unpaired) electrons. The van der Waals surface area contributed by atoms with E-state index in [-0.39, 0.29) is 11.3 Å². The number of benzene rings is 3. The Hall–Kier alpha value is -3.77. The first-order valence-corrected chi connectivity index (χ1v) is 10.4. The number of ether oxygens (including phenoxy) is 2. The predicted molar refractivity (Wildman–Crippen MR) is 125 cm³/mol. The number of hydrogen-bond acceptors (Lipinski definition) is 5. The number of rotatable bonds is 7. The second-order valence-corrected chi connectivity index (χ2v) is 7.43. The summed E-state index contributed by atoms with van der Waals surface area (Å²) in [6.45, 7) is 2.41. The summed E-state index contributed by atoms with van der Waals surface area (Å²) in [5.74, 6) is 0.403. The number of amides is 2. The molecule has 1 aliphatic heterocycles. The zero-order chi connectivity index (χ0) is 22.7. The highest BCUT2D eigenvalue weighted by Crippen LogP contribution is 2.35. The maximum atomic E-state index is 13.5. The van der Waals surface area contributed by atoms with Gasteiger partial charge in [0.25, 0.3) is 11.8 Å². The molecule has 0 atom stereocenters. The first-order valence-electron chi connectivity index (χ1n) is 10.0. The fourth-order valence-corrected chi connectivity index (χ4v) is 3.68. The molecule has 162 valence electrons. The molecular formula is C25H21ClN2O4. The van der Waals surface area contributed by atoms with Gasteiger partial charge in [0.15, 0.2) is 0 Å². The molecule has 1 heterocycles. The Bertz CT molecular complexity index is 1200. The summed E-state index contributed by atoms with van der Waals surface area (Å²) in [7, 11) is 1.57. The number of nitrogens with zero attached hydrogens (tertiary/aromatic N) is 1. The smallest absolute Gasteiger partial charge is 0.282 e. The van der Waals surface area contributed by atoms with Crippen molar-refractivity contribution in [3.05, 3.63) is 89.1 Å². The summed E-state index contributed by atoms with van der Waals surface area (Å²) in [6, 6.07) is 20.9. The number of carbonyl (C=O) groups is 2. The predicted octanol–water partition coefficient (Wildman–Crippen LogP) is 5.14. The first-order chi connectivity index (χ1) is 15.5. The van der Waals surface area contributed by atoms with Gasteiger partial charge in [-0.2, -0.15) is 0 Å². The molecule has 0 spiro atoms. The maximum absolute atomic E-state index is 13.5. The molecule has 1 aliphatic rings. The quantitative estimate of drug-likeness (QED) is 0.506. The van der Waals surface area contributed by atoms with Crippen LogP contribution in [0, 0.1) is 0 Å². The van der Waals surface area contributed by atoms with E-state index in [2.05, 4.69) is 5.32 Å². The number of anilines is 2. The van der Waals surface area contributed by atoms with Gasteiger partial charge < -0.3 is 14.8 Å². The average Bonchev–Trinajstić information content (AvgIpc) is 3.03. The average molecular weight is 449 g/mol. The molecular weight excluding hydrogens is 428 g/mol. The molecule has 0 saturated carbocycles. The van der Waals surface area contributed by atoms with Crippen LogP contribution in [0.1, 0.15) is 12.5 Å². The third-order valence-electron chi connectivity index (χ3n) is 4.94. The second kappa shape index (κ2) is 9.16. The molecule has 0 fully saturated rings. The van der Waals surface area contributed by atoms with Gasteiger partial charge in [0.05, 0.1) is 25.0 Å². The summed E-state index contributed by atoms with van der Waals surface area (Å²) in [5, 5.41) is 3.57. The molecule has 3 aromatic rings. The van der Waals surface area contributed by atoms with E-state index in [4.69, 9.17) is 21.1 Å². The van der Waals surface area contributed by atoms with Gasteiger partial charge in [-0.15, -0.1) is 0 Å². The summed E-state index contributed by atoms with van der Waals surface area (Å²) >= 11 is 6.11. The molecule has 3 aromatic carbocycles. The van der Waals surface area contributed by atoms with E-state index < -0.39 is 11.8 Å². The number of imide groups is 1. The molecule has 0 aliphatic carbocycles. The lowest BCUT2D eigenvalue weighted by molar-refractivity contribution is -0.120. The lowest BCUT2D eigenvalue weighted by atomic mass is 10.0. The highest BCUT2D eigenvalue weighted by Gasteiger charge is 2.40. The van der Waals surface area contributed by atoms with Crippen molar-refractivity contribution < 1.29 is 19.1 Å². The van der Waals surface area contributed by atoms with E-state index in [0.717, 1.165) is 4.90 Å². The molecule has 4 rings (SSSR count). The molecule has 0 bridgehead atoms. The van der Waals surface area contributed by atoms with Crippen LogP contribution in [0.4, 0.5) is 11.4 Å². The van der Waals surface area contributed by atoms with Crippen molar-refractivity contribution in [3.8, 4) is 11.5 Å². The highest BCUT2D eigenvalue weighted by atomic mass is 35.5. The van der Waals surface area contributed by atoms with E-state index >= 15 is 0 Å². The molecule has 0 unspecified atom stereocenters. The van der Waals surface area contributed by atoms with Gasteiger partial charge in [-0.05, 0) is 55.0 Å². The minimum absolute atomic E-state index is 0.175. The van der Waals surface area contributed by atoms with E-state index in [1.54, 1.807) is 67.8 Å². The minimum Gasteiger partial charge on any atom is -0.497 e. The van der Waals surface area contributed by atoms with Crippen molar-refractivity contribution in [1.82, 2.24) is 0 Å². The number of halogens is 1. The Morgan fingerprint density at radius 1 is 0.906 bits per heavy atom. The normalized spacial score (nSPS) is 13.5. The first kappa shape index (κ1) is 21.5. The topological polar surface area (TPSA) is 67.9 Å². The van der Waals surface area contributed by atoms with E-state index in [1.807, 2.05) is 19.1 Å². The number of methoxy groups -OCH3 is 1. The lowest BCUT2D eigenvalue weighted by Gasteiger charge is -2.15. The minimum atomic E-state index is -0.468. The largest absolute Gasteiger partial charge is 0.497 e. The zero-order valence-electron chi connectivity index (χ0n) is 17.6. The van der Waals surface area contributed by atoms with Crippen molar-refractivity contribution >= 4 is 40.4 Å². The van der Waals surface area contributed by atoms with Crippen LogP contribution in [0.25, 0.3) is 5.57 Å². The summed E-state index contributed by atoms with van der Waals surface area (Å²) in [4.78, 5) is 28.0. The molecule has 0 aromatic heterocycles. The van der Waals surface area contributed by atoms with Crippen molar-refractivity contribution in [2.45, 2.75) is 6.92 Å². The number of hydrogen-bond donors (Lipinski definition) is 1. The van der Waals surface area contributed by atoms with Crippen LogP contribution in [0.3, 0.4) is 0 Å². The van der Waals surface area contributed by atoms with Gasteiger partial charge in [0.2, 0.25) is 0 Å². The Morgan fingerprint density at radius 3 is 2.34 bits per heavy atom. The second-order valence-electron chi connectivity index (χ2n) is 6.99. The molecule has 32 heavy (non-hydrogen) atoms. The highest BCUT2D eigenvalue weighted by molar-refractivity contribution is 6.46. The fraction of sp³-hybridized carbons (Fsp3) is 0.120. The van der Waals surface area contributed by atoms with Crippen LogP contribution in [-0.4, -0.2) is 25.5 Å². The van der Waals surface area contributed by atoms with Gasteiger partial charge >= 0.3 is 0 Å². The molecule has 6 nitrogen and oxygen atoms in total. The number of carbonyl (C=O) groups excluding carboxylic acids is 2. The number of nitrogens with one attached hydrogen (secondary N) is 1. The SMILES string of the molecule is CCOc1cccc(NC2=C(c3ccc(OC)cc3)C(=O)N(c3cccc(Cl)c3)C2=O)c1. The van der Waals surface area contributed by atoms with Crippen LogP contribution < -0.4 is 19.7 Å². The van der Waals surface area contributed by atoms with E-state index in [9.17, 15) is 9.59 Å². The third kappa shape index (κ3) is 4.18. The van der Waals surface area contributed by atoms with Gasteiger partial charge in [-0.25, -0.2) is 4.90 Å². The molecule has 7 heteroatoms. The molecule has 2 amide bonds. The Balaban J connectivity index is 1.79. The Kier molecular flexibility index (Phi) is 6.14. The fourth-order valence-electron chi connectivity index (χ4n) is 3.50. The standard InChI is InChI=1S/C25H21ClN2O4/c1-3-32-21-9-5-7-18(15-21)27-23-22(16-10-12-20(31-2)13-11-16)24(29)28(25(23)30)19-8-4-6-17(26)14-19/h4-15,27H,3H2,1-2H3. The molecule has 1 N–H and O–H groups in total. The maximum Gasteiger partial charge on any atom is 0.282 e.